The molecule has 1 amide bonds. The van der Waals surface area contributed by atoms with Gasteiger partial charge < -0.3 is 15.2 Å². The minimum absolute atomic E-state index is 0.0141. The number of carbonyl (C=O) groups is 2. The van der Waals surface area contributed by atoms with Crippen LogP contribution in [0.4, 0.5) is 5.00 Å². The largest absolute Gasteiger partial charge is 0.507 e. The van der Waals surface area contributed by atoms with Crippen molar-refractivity contribution in [2.24, 2.45) is 0 Å². The van der Waals surface area contributed by atoms with Gasteiger partial charge in [0.2, 0.25) is 0 Å². The Hall–Kier alpha value is -2.85. The molecule has 1 aromatic heterocycles. The molecule has 1 atom stereocenters. The number of benzene rings is 1. The Balaban J connectivity index is 1.72. The van der Waals surface area contributed by atoms with E-state index in [1.165, 1.54) is 30.4 Å². The van der Waals surface area contributed by atoms with Gasteiger partial charge in [0.25, 0.3) is 5.91 Å². The number of aryl methyl sites for hydroxylation is 2. The number of nitrogens with zero attached hydrogens (tertiary/aromatic N) is 1. The fraction of sp³-hybridized carbons (Fsp3) is 0.381. The molecular weight excluding hydrogens is 376 g/mol. The van der Waals surface area contributed by atoms with Crippen molar-refractivity contribution in [3.05, 3.63) is 45.3 Å². The predicted molar refractivity (Wildman–Crippen MR) is 107 cm³/mol. The van der Waals surface area contributed by atoms with Crippen molar-refractivity contribution in [2.75, 3.05) is 5.32 Å². The van der Waals surface area contributed by atoms with Gasteiger partial charge in [-0.05, 0) is 57.2 Å². The normalized spacial score (nSPS) is 14.3. The smallest absolute Gasteiger partial charge is 0.342 e. The van der Waals surface area contributed by atoms with Crippen molar-refractivity contribution >= 4 is 28.2 Å². The Morgan fingerprint density at radius 3 is 2.79 bits per heavy atom. The van der Waals surface area contributed by atoms with Gasteiger partial charge in [-0.3, -0.25) is 4.79 Å². The standard InChI is InChI=1S/C21H22N2O4S/c1-12-8-9-17(24)15(10-12)21(26)27-13(2)19(25)23-20-16(11-22)14-6-4-3-5-7-18(14)28-20/h8-10,13,24H,3-7H2,1-2H3,(H,23,25)/t13-/m1/s1. The van der Waals surface area contributed by atoms with Gasteiger partial charge in [0.05, 0.1) is 5.56 Å². The molecule has 146 valence electrons. The van der Waals surface area contributed by atoms with E-state index in [2.05, 4.69) is 11.4 Å². The Bertz CT molecular complexity index is 958. The number of nitriles is 1. The number of ether oxygens (including phenoxy) is 1. The molecule has 1 heterocycles. The first-order valence-electron chi connectivity index (χ1n) is 9.26. The number of phenols is 1. The van der Waals surface area contributed by atoms with Gasteiger partial charge >= 0.3 is 5.97 Å². The van der Waals surface area contributed by atoms with Crippen LogP contribution < -0.4 is 5.32 Å². The monoisotopic (exact) mass is 398 g/mol. The number of hydrogen-bond acceptors (Lipinski definition) is 6. The summed E-state index contributed by atoms with van der Waals surface area (Å²) in [4.78, 5) is 26.0. The summed E-state index contributed by atoms with van der Waals surface area (Å²) < 4.78 is 5.21. The highest BCUT2D eigenvalue weighted by Gasteiger charge is 2.25. The van der Waals surface area contributed by atoms with E-state index >= 15 is 0 Å². The highest BCUT2D eigenvalue weighted by atomic mass is 32.1. The molecule has 6 nitrogen and oxygen atoms in total. The topological polar surface area (TPSA) is 99.4 Å². The van der Waals surface area contributed by atoms with Crippen LogP contribution >= 0.6 is 11.3 Å². The van der Waals surface area contributed by atoms with E-state index in [-0.39, 0.29) is 11.3 Å². The van der Waals surface area contributed by atoms with Gasteiger partial charge in [-0.1, -0.05) is 18.1 Å². The Morgan fingerprint density at radius 1 is 1.29 bits per heavy atom. The number of phenolic OH excluding ortho intramolecular Hbond substituents is 1. The number of esters is 1. The van der Waals surface area contributed by atoms with Gasteiger partial charge in [-0.25, -0.2) is 4.79 Å². The predicted octanol–water partition coefficient (Wildman–Crippen LogP) is 4.09. The SMILES string of the molecule is Cc1ccc(O)c(C(=O)O[C@H](C)C(=O)Nc2sc3c(c2C#N)CCCCC3)c1. The second-order valence-corrected chi connectivity index (χ2v) is 8.04. The molecule has 2 N–H and O–H groups in total. The molecule has 7 heteroatoms. The second kappa shape index (κ2) is 8.44. The summed E-state index contributed by atoms with van der Waals surface area (Å²) in [5.41, 5.74) is 2.36. The maximum atomic E-state index is 12.5. The molecule has 1 aliphatic rings. The molecule has 2 aromatic rings. The summed E-state index contributed by atoms with van der Waals surface area (Å²) in [6.45, 7) is 3.25. The second-order valence-electron chi connectivity index (χ2n) is 6.94. The number of anilines is 1. The molecule has 1 aliphatic carbocycles. The van der Waals surface area contributed by atoms with Crippen LogP contribution in [0.3, 0.4) is 0 Å². The molecular formula is C21H22N2O4S. The summed E-state index contributed by atoms with van der Waals surface area (Å²) in [6, 6.07) is 6.80. The van der Waals surface area contributed by atoms with E-state index in [0.717, 1.165) is 48.1 Å². The van der Waals surface area contributed by atoms with Crippen LogP contribution in [0.5, 0.6) is 5.75 Å². The van der Waals surface area contributed by atoms with Crippen molar-refractivity contribution in [3.8, 4) is 11.8 Å². The zero-order valence-corrected chi connectivity index (χ0v) is 16.7. The van der Waals surface area contributed by atoms with Gasteiger partial charge in [0.1, 0.15) is 22.4 Å². The van der Waals surface area contributed by atoms with E-state index in [4.69, 9.17) is 4.74 Å². The number of aromatic hydroxyl groups is 1. The Morgan fingerprint density at radius 2 is 2.04 bits per heavy atom. The van der Waals surface area contributed by atoms with E-state index < -0.39 is 18.0 Å². The highest BCUT2D eigenvalue weighted by molar-refractivity contribution is 7.16. The van der Waals surface area contributed by atoms with Crippen molar-refractivity contribution in [3.63, 3.8) is 0 Å². The van der Waals surface area contributed by atoms with Crippen LogP contribution in [0, 0.1) is 18.3 Å². The highest BCUT2D eigenvalue weighted by Crippen LogP contribution is 2.37. The lowest BCUT2D eigenvalue weighted by atomic mass is 10.1. The molecule has 0 radical (unpaired) electrons. The first-order valence-corrected chi connectivity index (χ1v) is 10.1. The first kappa shape index (κ1) is 19.9. The summed E-state index contributed by atoms with van der Waals surface area (Å²) >= 11 is 1.43. The lowest BCUT2D eigenvalue weighted by Gasteiger charge is -2.14. The fourth-order valence-corrected chi connectivity index (χ4v) is 4.50. The number of nitrogens with one attached hydrogen (secondary N) is 1. The number of hydrogen-bond donors (Lipinski definition) is 2. The van der Waals surface area contributed by atoms with Crippen molar-refractivity contribution < 1.29 is 19.4 Å². The fourth-order valence-electron chi connectivity index (χ4n) is 3.25. The van der Waals surface area contributed by atoms with Crippen LogP contribution in [0.1, 0.15) is 58.1 Å². The quantitative estimate of drug-likeness (QED) is 0.597. The third kappa shape index (κ3) is 4.18. The number of carbonyl (C=O) groups excluding carboxylic acids is 2. The average Bonchev–Trinajstić information content (AvgIpc) is 2.82. The van der Waals surface area contributed by atoms with Crippen LogP contribution in [0.2, 0.25) is 0 Å². The van der Waals surface area contributed by atoms with Gasteiger partial charge in [0, 0.05) is 4.88 Å². The van der Waals surface area contributed by atoms with Crippen LogP contribution in [-0.4, -0.2) is 23.1 Å². The minimum atomic E-state index is -1.07. The van der Waals surface area contributed by atoms with Gasteiger partial charge in [0.15, 0.2) is 6.10 Å². The summed E-state index contributed by atoms with van der Waals surface area (Å²) in [5.74, 6) is -1.48. The van der Waals surface area contributed by atoms with Crippen molar-refractivity contribution in [2.45, 2.75) is 52.1 Å². The van der Waals surface area contributed by atoms with Gasteiger partial charge in [-0.2, -0.15) is 5.26 Å². The summed E-state index contributed by atoms with van der Waals surface area (Å²) in [7, 11) is 0. The number of fused-ring (bicyclic) bond motifs is 1. The molecule has 1 aromatic carbocycles. The average molecular weight is 398 g/mol. The van der Waals surface area contributed by atoms with Crippen molar-refractivity contribution in [1.29, 1.82) is 5.26 Å². The van der Waals surface area contributed by atoms with E-state index in [1.807, 2.05) is 0 Å². The number of rotatable bonds is 4. The molecule has 0 fully saturated rings. The van der Waals surface area contributed by atoms with Crippen LogP contribution in [0.25, 0.3) is 0 Å². The molecule has 0 unspecified atom stereocenters. The Labute approximate surface area is 167 Å². The third-order valence-electron chi connectivity index (χ3n) is 4.79. The van der Waals surface area contributed by atoms with Crippen molar-refractivity contribution in [1.82, 2.24) is 0 Å². The summed E-state index contributed by atoms with van der Waals surface area (Å²) in [5, 5.41) is 22.6. The summed E-state index contributed by atoms with van der Waals surface area (Å²) in [6.07, 6.45) is 3.97. The number of amides is 1. The Kier molecular flexibility index (Phi) is 6.00. The van der Waals surface area contributed by atoms with Crippen LogP contribution in [-0.2, 0) is 22.4 Å². The molecule has 0 bridgehead atoms. The molecule has 0 spiro atoms. The zero-order valence-electron chi connectivity index (χ0n) is 15.9. The van der Waals surface area contributed by atoms with E-state index in [9.17, 15) is 20.0 Å². The lowest BCUT2D eigenvalue weighted by molar-refractivity contribution is -0.123. The zero-order chi connectivity index (χ0) is 20.3. The van der Waals surface area contributed by atoms with E-state index in [1.54, 1.807) is 13.0 Å². The first-order chi connectivity index (χ1) is 13.4. The molecule has 0 saturated heterocycles. The van der Waals surface area contributed by atoms with E-state index in [0.29, 0.717) is 10.6 Å². The molecule has 0 saturated carbocycles. The molecule has 28 heavy (non-hydrogen) atoms. The minimum Gasteiger partial charge on any atom is -0.507 e. The third-order valence-corrected chi connectivity index (χ3v) is 6.00. The van der Waals surface area contributed by atoms with Crippen LogP contribution in [0.15, 0.2) is 18.2 Å². The maximum Gasteiger partial charge on any atom is 0.342 e. The molecule has 0 aliphatic heterocycles. The lowest BCUT2D eigenvalue weighted by Crippen LogP contribution is -2.30. The van der Waals surface area contributed by atoms with Gasteiger partial charge in [-0.15, -0.1) is 11.3 Å². The molecule has 3 rings (SSSR count). The maximum absolute atomic E-state index is 12.5. The number of thiophene rings is 1.